The van der Waals surface area contributed by atoms with Crippen molar-refractivity contribution in [1.82, 2.24) is 15.1 Å². The zero-order valence-electron chi connectivity index (χ0n) is 14.6. The third-order valence-electron chi connectivity index (χ3n) is 4.68. The van der Waals surface area contributed by atoms with Gasteiger partial charge < -0.3 is 10.1 Å². The molecule has 1 aliphatic heterocycles. The Morgan fingerprint density at radius 2 is 2.07 bits per heavy atom. The summed E-state index contributed by atoms with van der Waals surface area (Å²) >= 11 is 9.40. The first-order valence-corrected chi connectivity index (χ1v) is 10.1. The van der Waals surface area contributed by atoms with Gasteiger partial charge in [-0.1, -0.05) is 39.7 Å². The van der Waals surface area contributed by atoms with Crippen molar-refractivity contribution in [3.63, 3.8) is 0 Å². The lowest BCUT2D eigenvalue weighted by Crippen LogP contribution is -2.24. The van der Waals surface area contributed by atoms with Gasteiger partial charge in [0, 0.05) is 28.0 Å². The number of carbonyl (C=O) groups is 1. The van der Waals surface area contributed by atoms with Gasteiger partial charge in [-0.15, -0.1) is 0 Å². The summed E-state index contributed by atoms with van der Waals surface area (Å²) in [7, 11) is 0. The highest BCUT2D eigenvalue weighted by Crippen LogP contribution is 2.29. The van der Waals surface area contributed by atoms with Crippen LogP contribution in [0, 0.1) is 0 Å². The first kappa shape index (κ1) is 18.5. The summed E-state index contributed by atoms with van der Waals surface area (Å²) in [6.45, 7) is 1.14. The molecule has 1 amide bonds. The standard InChI is InChI=1S/C20H19BrClN3O2/c21-14-6-9-17-16(11-14)19(24-25(17)18-3-1-2-10-27-18)20(26)23-12-13-4-7-15(22)8-5-13/h4-9,11,18H,1-3,10,12H2,(H,23,26). The minimum Gasteiger partial charge on any atom is -0.356 e. The number of rotatable bonds is 4. The number of benzene rings is 2. The molecule has 3 aromatic rings. The van der Waals surface area contributed by atoms with Crippen LogP contribution in [0.4, 0.5) is 0 Å². The second kappa shape index (κ2) is 8.00. The fourth-order valence-electron chi connectivity index (χ4n) is 3.29. The number of halogens is 2. The van der Waals surface area contributed by atoms with Crippen molar-refractivity contribution in [2.75, 3.05) is 6.61 Å². The Morgan fingerprint density at radius 3 is 2.81 bits per heavy atom. The number of aromatic nitrogens is 2. The summed E-state index contributed by atoms with van der Waals surface area (Å²) in [6.07, 6.45) is 2.94. The normalized spacial score (nSPS) is 17.2. The minimum absolute atomic E-state index is 0.125. The maximum Gasteiger partial charge on any atom is 0.272 e. The number of hydrogen-bond acceptors (Lipinski definition) is 3. The highest BCUT2D eigenvalue weighted by Gasteiger charge is 2.23. The SMILES string of the molecule is O=C(NCc1ccc(Cl)cc1)c1nn(C2CCCCO2)c2ccc(Br)cc12. The maximum atomic E-state index is 12.8. The predicted octanol–water partition coefficient (Wildman–Crippen LogP) is 5.08. The summed E-state index contributed by atoms with van der Waals surface area (Å²) < 4.78 is 8.63. The molecule has 0 radical (unpaired) electrons. The number of nitrogens with zero attached hydrogens (tertiary/aromatic N) is 2. The lowest BCUT2D eigenvalue weighted by atomic mass is 10.1. The van der Waals surface area contributed by atoms with Gasteiger partial charge in [-0.05, 0) is 55.2 Å². The van der Waals surface area contributed by atoms with Crippen LogP contribution in [0.25, 0.3) is 10.9 Å². The van der Waals surface area contributed by atoms with Crippen LogP contribution in [0.15, 0.2) is 46.9 Å². The van der Waals surface area contributed by atoms with Gasteiger partial charge in [-0.25, -0.2) is 4.68 Å². The van der Waals surface area contributed by atoms with Crippen LogP contribution in [-0.2, 0) is 11.3 Å². The van der Waals surface area contributed by atoms with Crippen molar-refractivity contribution >= 4 is 44.3 Å². The molecule has 2 aromatic carbocycles. The van der Waals surface area contributed by atoms with E-state index in [4.69, 9.17) is 16.3 Å². The van der Waals surface area contributed by atoms with E-state index in [1.54, 1.807) is 0 Å². The Kier molecular flexibility index (Phi) is 5.48. The molecular weight excluding hydrogens is 430 g/mol. The van der Waals surface area contributed by atoms with Crippen molar-refractivity contribution < 1.29 is 9.53 Å². The average Bonchev–Trinajstić information content (AvgIpc) is 3.07. The molecule has 0 aliphatic carbocycles. The number of amides is 1. The molecule has 1 fully saturated rings. The van der Waals surface area contributed by atoms with Crippen LogP contribution < -0.4 is 5.32 Å². The molecule has 1 saturated heterocycles. The first-order valence-electron chi connectivity index (χ1n) is 8.94. The zero-order chi connectivity index (χ0) is 18.8. The topological polar surface area (TPSA) is 56.2 Å². The molecule has 1 unspecified atom stereocenters. The molecule has 1 aromatic heterocycles. The van der Waals surface area contributed by atoms with Crippen LogP contribution in [0.5, 0.6) is 0 Å². The molecule has 0 saturated carbocycles. The highest BCUT2D eigenvalue weighted by molar-refractivity contribution is 9.10. The van der Waals surface area contributed by atoms with E-state index < -0.39 is 0 Å². The van der Waals surface area contributed by atoms with E-state index in [-0.39, 0.29) is 12.1 Å². The Hall–Kier alpha value is -1.89. The third kappa shape index (κ3) is 4.03. The Morgan fingerprint density at radius 1 is 1.26 bits per heavy atom. The van der Waals surface area contributed by atoms with Crippen molar-refractivity contribution in [1.29, 1.82) is 0 Å². The monoisotopic (exact) mass is 447 g/mol. The van der Waals surface area contributed by atoms with Gasteiger partial charge in [0.15, 0.2) is 11.9 Å². The summed E-state index contributed by atoms with van der Waals surface area (Å²) in [5, 5.41) is 9.05. The van der Waals surface area contributed by atoms with Gasteiger partial charge in [0.05, 0.1) is 5.52 Å². The molecule has 27 heavy (non-hydrogen) atoms. The van der Waals surface area contributed by atoms with E-state index in [9.17, 15) is 4.79 Å². The fraction of sp³-hybridized carbons (Fsp3) is 0.300. The second-order valence-corrected chi connectivity index (χ2v) is 7.94. The van der Waals surface area contributed by atoms with Gasteiger partial charge in [0.2, 0.25) is 0 Å². The molecule has 4 rings (SSSR count). The molecule has 7 heteroatoms. The summed E-state index contributed by atoms with van der Waals surface area (Å²) in [4.78, 5) is 12.8. The van der Waals surface area contributed by atoms with Crippen LogP contribution in [0.1, 0.15) is 41.5 Å². The molecule has 1 aliphatic rings. The number of hydrogen-bond donors (Lipinski definition) is 1. The van der Waals surface area contributed by atoms with E-state index in [2.05, 4.69) is 26.3 Å². The van der Waals surface area contributed by atoms with Crippen LogP contribution in [-0.4, -0.2) is 22.3 Å². The third-order valence-corrected chi connectivity index (χ3v) is 5.42. The van der Waals surface area contributed by atoms with E-state index in [1.807, 2.05) is 47.1 Å². The number of ether oxygens (including phenoxy) is 1. The highest BCUT2D eigenvalue weighted by atomic mass is 79.9. The fourth-order valence-corrected chi connectivity index (χ4v) is 3.77. The quantitative estimate of drug-likeness (QED) is 0.605. The van der Waals surface area contributed by atoms with Crippen LogP contribution in [0.3, 0.4) is 0 Å². The Bertz CT molecular complexity index is 965. The molecule has 0 bridgehead atoms. The average molecular weight is 449 g/mol. The van der Waals surface area contributed by atoms with Crippen molar-refractivity contribution in [2.45, 2.75) is 32.0 Å². The van der Waals surface area contributed by atoms with Crippen LogP contribution in [0.2, 0.25) is 5.02 Å². The van der Waals surface area contributed by atoms with Gasteiger partial charge >= 0.3 is 0 Å². The maximum absolute atomic E-state index is 12.8. The molecule has 5 nitrogen and oxygen atoms in total. The van der Waals surface area contributed by atoms with E-state index in [0.29, 0.717) is 17.3 Å². The van der Waals surface area contributed by atoms with Crippen molar-refractivity contribution in [3.05, 3.63) is 63.2 Å². The molecule has 0 spiro atoms. The summed E-state index contributed by atoms with van der Waals surface area (Å²) in [5.41, 5.74) is 2.30. The van der Waals surface area contributed by atoms with E-state index >= 15 is 0 Å². The van der Waals surface area contributed by atoms with E-state index in [0.717, 1.165) is 46.8 Å². The second-order valence-electron chi connectivity index (χ2n) is 6.59. The molecular formula is C20H19BrClN3O2. The van der Waals surface area contributed by atoms with Gasteiger partial charge in [-0.3, -0.25) is 4.79 Å². The lowest BCUT2D eigenvalue weighted by Gasteiger charge is -2.23. The lowest BCUT2D eigenvalue weighted by molar-refractivity contribution is -0.0368. The van der Waals surface area contributed by atoms with Crippen molar-refractivity contribution in [3.8, 4) is 0 Å². The summed E-state index contributed by atoms with van der Waals surface area (Å²) in [6, 6.07) is 13.3. The zero-order valence-corrected chi connectivity index (χ0v) is 17.0. The molecule has 1 N–H and O–H groups in total. The predicted molar refractivity (Wildman–Crippen MR) is 109 cm³/mol. The Balaban J connectivity index is 1.62. The van der Waals surface area contributed by atoms with Crippen LogP contribution >= 0.6 is 27.5 Å². The van der Waals surface area contributed by atoms with Gasteiger partial charge in [0.1, 0.15) is 0 Å². The first-order chi connectivity index (χ1) is 13.1. The largest absolute Gasteiger partial charge is 0.356 e. The van der Waals surface area contributed by atoms with Crippen molar-refractivity contribution in [2.24, 2.45) is 0 Å². The number of fused-ring (bicyclic) bond motifs is 1. The Labute approximate surface area is 170 Å². The van der Waals surface area contributed by atoms with Gasteiger partial charge in [0.25, 0.3) is 5.91 Å². The molecule has 2 heterocycles. The number of carbonyl (C=O) groups excluding carboxylic acids is 1. The summed E-state index contributed by atoms with van der Waals surface area (Å²) in [5.74, 6) is -0.206. The minimum atomic E-state index is -0.206. The molecule has 140 valence electrons. The van der Waals surface area contributed by atoms with E-state index in [1.165, 1.54) is 0 Å². The van der Waals surface area contributed by atoms with Gasteiger partial charge in [-0.2, -0.15) is 5.10 Å². The smallest absolute Gasteiger partial charge is 0.272 e. The molecule has 1 atom stereocenters. The number of nitrogens with one attached hydrogen (secondary N) is 1.